The van der Waals surface area contributed by atoms with Crippen LogP contribution in [0.5, 0.6) is 11.5 Å². The van der Waals surface area contributed by atoms with Crippen molar-refractivity contribution in [2.45, 2.75) is 39.4 Å². The molecule has 0 spiro atoms. The number of aromatic nitrogens is 2. The van der Waals surface area contributed by atoms with Gasteiger partial charge in [-0.15, -0.1) is 11.3 Å². The van der Waals surface area contributed by atoms with Crippen molar-refractivity contribution in [2.75, 3.05) is 39.3 Å². The first kappa shape index (κ1) is 30.7. The molecule has 2 N–H and O–H groups in total. The molecule has 1 atom stereocenters. The molecule has 228 valence electrons. The van der Waals surface area contributed by atoms with Crippen LogP contribution in [0.4, 0.5) is 4.79 Å². The normalized spacial score (nSPS) is 15.0. The summed E-state index contributed by atoms with van der Waals surface area (Å²) in [5.41, 5.74) is 7.69. The number of ether oxygens (including phenoxy) is 3. The zero-order chi connectivity index (χ0) is 30.7. The number of rotatable bonds is 9. The molecule has 2 amide bonds. The number of primary amides is 1. The lowest BCUT2D eigenvalue weighted by Crippen LogP contribution is -2.50. The Morgan fingerprint density at radius 2 is 1.81 bits per heavy atom. The number of hydrogen-bond acceptors (Lipinski definition) is 8. The Morgan fingerprint density at radius 1 is 1.07 bits per heavy atom. The van der Waals surface area contributed by atoms with Crippen LogP contribution in [0.25, 0.3) is 16.0 Å². The van der Waals surface area contributed by atoms with Crippen molar-refractivity contribution in [2.24, 2.45) is 5.73 Å². The van der Waals surface area contributed by atoms with Gasteiger partial charge in [-0.2, -0.15) is 0 Å². The van der Waals surface area contributed by atoms with Crippen LogP contribution in [0.3, 0.4) is 0 Å². The van der Waals surface area contributed by atoms with Crippen molar-refractivity contribution in [1.82, 2.24) is 19.4 Å². The van der Waals surface area contributed by atoms with Gasteiger partial charge in [0.05, 0.1) is 16.1 Å². The maximum absolute atomic E-state index is 12.3. The molecule has 0 radical (unpaired) electrons. The highest BCUT2D eigenvalue weighted by molar-refractivity contribution is 7.16. The smallest absolute Gasteiger partial charge is 0.410 e. The molecule has 43 heavy (non-hydrogen) atoms. The summed E-state index contributed by atoms with van der Waals surface area (Å²) in [7, 11) is 0. The fourth-order valence-corrected chi connectivity index (χ4v) is 6.11. The van der Waals surface area contributed by atoms with Crippen molar-refractivity contribution < 1.29 is 23.8 Å². The topological polar surface area (TPSA) is 112 Å². The van der Waals surface area contributed by atoms with E-state index in [0.717, 1.165) is 34.7 Å². The lowest BCUT2D eigenvalue weighted by molar-refractivity contribution is 0.0137. The maximum atomic E-state index is 12.3. The van der Waals surface area contributed by atoms with Crippen LogP contribution in [0.15, 0.2) is 54.9 Å². The second-order valence-corrected chi connectivity index (χ2v) is 12.7. The van der Waals surface area contributed by atoms with E-state index in [0.29, 0.717) is 47.6 Å². The molecular weight excluding hydrogens is 590 g/mol. The molecule has 5 rings (SSSR count). The molecule has 0 unspecified atom stereocenters. The summed E-state index contributed by atoms with van der Waals surface area (Å²) in [5.74, 6) is 0.358. The SMILES string of the molecule is C[C@@H](Oc1cc(-n2cnc3ccccc32)sc1C(N)=O)c1cccc(OCCN2CCN(C(=O)OC(C)(C)C)CC2)c1Cl. The van der Waals surface area contributed by atoms with Crippen molar-refractivity contribution in [3.05, 3.63) is 70.3 Å². The molecular formula is C31H36ClN5O5S. The van der Waals surface area contributed by atoms with E-state index in [4.69, 9.17) is 31.5 Å². The van der Waals surface area contributed by atoms with Gasteiger partial charge in [-0.3, -0.25) is 14.3 Å². The number of halogens is 1. The highest BCUT2D eigenvalue weighted by Crippen LogP contribution is 2.38. The lowest BCUT2D eigenvalue weighted by Gasteiger charge is -2.35. The van der Waals surface area contributed by atoms with Crippen LogP contribution in [0.1, 0.15) is 49.0 Å². The summed E-state index contributed by atoms with van der Waals surface area (Å²) in [5, 5.41) is 1.21. The van der Waals surface area contributed by atoms with E-state index < -0.39 is 17.6 Å². The highest BCUT2D eigenvalue weighted by Gasteiger charge is 2.26. The van der Waals surface area contributed by atoms with Crippen LogP contribution < -0.4 is 15.2 Å². The molecule has 0 saturated carbocycles. The first-order valence-electron chi connectivity index (χ1n) is 14.1. The number of benzene rings is 2. The second-order valence-electron chi connectivity index (χ2n) is 11.3. The molecule has 12 heteroatoms. The Kier molecular flexibility index (Phi) is 9.14. The van der Waals surface area contributed by atoms with Crippen molar-refractivity contribution in [1.29, 1.82) is 0 Å². The summed E-state index contributed by atoms with van der Waals surface area (Å²) in [4.78, 5) is 33.4. The minimum atomic E-state index is -0.571. The molecule has 4 aromatic rings. The quantitative estimate of drug-likeness (QED) is 0.246. The van der Waals surface area contributed by atoms with Gasteiger partial charge in [-0.25, -0.2) is 9.78 Å². The number of imidazole rings is 1. The van der Waals surface area contributed by atoms with Gasteiger partial charge in [-0.1, -0.05) is 35.9 Å². The van der Waals surface area contributed by atoms with E-state index in [1.165, 1.54) is 11.3 Å². The third kappa shape index (κ3) is 7.23. The molecule has 0 bridgehead atoms. The van der Waals surface area contributed by atoms with Gasteiger partial charge in [0.15, 0.2) is 0 Å². The fourth-order valence-electron chi connectivity index (χ4n) is 4.85. The Balaban J connectivity index is 1.20. The van der Waals surface area contributed by atoms with Crippen molar-refractivity contribution in [3.63, 3.8) is 0 Å². The summed E-state index contributed by atoms with van der Waals surface area (Å²) >= 11 is 8.02. The summed E-state index contributed by atoms with van der Waals surface area (Å²) in [6, 6.07) is 15.1. The van der Waals surface area contributed by atoms with Crippen LogP contribution in [-0.4, -0.2) is 76.3 Å². The molecule has 1 saturated heterocycles. The van der Waals surface area contributed by atoms with E-state index in [9.17, 15) is 9.59 Å². The van der Waals surface area contributed by atoms with E-state index in [2.05, 4.69) is 9.88 Å². The van der Waals surface area contributed by atoms with Gasteiger partial charge in [0, 0.05) is 44.4 Å². The summed E-state index contributed by atoms with van der Waals surface area (Å²) in [6.07, 6.45) is 0.949. The van der Waals surface area contributed by atoms with E-state index in [1.807, 2.05) is 74.7 Å². The minimum absolute atomic E-state index is 0.278. The third-order valence-electron chi connectivity index (χ3n) is 7.02. The molecule has 2 aromatic carbocycles. The van der Waals surface area contributed by atoms with Gasteiger partial charge < -0.3 is 24.8 Å². The average molecular weight is 626 g/mol. The number of carbonyl (C=O) groups is 2. The van der Waals surface area contributed by atoms with Gasteiger partial charge in [0.2, 0.25) is 0 Å². The number of hydrogen-bond donors (Lipinski definition) is 1. The van der Waals surface area contributed by atoms with E-state index in [1.54, 1.807) is 17.3 Å². The molecule has 10 nitrogen and oxygen atoms in total. The molecule has 1 aliphatic heterocycles. The van der Waals surface area contributed by atoms with Crippen molar-refractivity contribution >= 4 is 46.0 Å². The Hall–Kier alpha value is -3.80. The Bertz CT molecular complexity index is 1610. The summed E-state index contributed by atoms with van der Waals surface area (Å²) < 4.78 is 19.7. The number of piperazine rings is 1. The number of carbonyl (C=O) groups excluding carboxylic acids is 2. The molecule has 1 aliphatic rings. The van der Waals surface area contributed by atoms with E-state index in [-0.39, 0.29) is 6.09 Å². The van der Waals surface area contributed by atoms with Crippen molar-refractivity contribution in [3.8, 4) is 16.5 Å². The number of fused-ring (bicyclic) bond motifs is 1. The van der Waals surface area contributed by atoms with Gasteiger partial charge in [0.25, 0.3) is 5.91 Å². The van der Waals surface area contributed by atoms with Gasteiger partial charge >= 0.3 is 6.09 Å². The predicted molar refractivity (Wildman–Crippen MR) is 168 cm³/mol. The Morgan fingerprint density at radius 3 is 2.53 bits per heavy atom. The largest absolute Gasteiger partial charge is 0.491 e. The van der Waals surface area contributed by atoms with Gasteiger partial charge in [0.1, 0.15) is 46.0 Å². The lowest BCUT2D eigenvalue weighted by atomic mass is 10.1. The molecule has 3 heterocycles. The van der Waals surface area contributed by atoms with E-state index >= 15 is 0 Å². The summed E-state index contributed by atoms with van der Waals surface area (Å²) in [6.45, 7) is 11.3. The molecule has 2 aromatic heterocycles. The number of thiophene rings is 1. The van der Waals surface area contributed by atoms with Crippen LogP contribution >= 0.6 is 22.9 Å². The number of nitrogens with two attached hydrogens (primary N) is 1. The average Bonchev–Trinajstić information content (AvgIpc) is 3.58. The Labute approximate surface area is 259 Å². The maximum Gasteiger partial charge on any atom is 0.410 e. The third-order valence-corrected chi connectivity index (χ3v) is 8.56. The standard InChI is InChI=1S/C31H36ClN5O5S/c1-20(41-25-18-26(43-28(25)29(33)38)37-19-34-22-9-5-6-10-23(22)37)21-8-7-11-24(27(21)32)40-17-16-35-12-14-36(15-13-35)30(39)42-31(2,3)4/h5-11,18-20H,12-17H2,1-4H3,(H2,33,38)/t20-/m1/s1. The van der Waals surface area contributed by atoms with Gasteiger partial charge in [-0.05, 0) is 45.9 Å². The molecule has 0 aliphatic carbocycles. The monoisotopic (exact) mass is 625 g/mol. The fraction of sp³-hybridized carbons (Fsp3) is 0.387. The van der Waals surface area contributed by atoms with Crippen LogP contribution in [0.2, 0.25) is 5.02 Å². The van der Waals surface area contributed by atoms with Crippen LogP contribution in [0, 0.1) is 0 Å². The zero-order valence-electron chi connectivity index (χ0n) is 24.7. The first-order chi connectivity index (χ1) is 20.5. The number of amides is 2. The highest BCUT2D eigenvalue weighted by atomic mass is 35.5. The minimum Gasteiger partial charge on any atom is -0.491 e. The number of para-hydroxylation sites is 2. The second kappa shape index (κ2) is 12.8. The first-order valence-corrected chi connectivity index (χ1v) is 15.3. The number of nitrogens with zero attached hydrogens (tertiary/aromatic N) is 4. The zero-order valence-corrected chi connectivity index (χ0v) is 26.3. The van der Waals surface area contributed by atoms with Crippen LogP contribution in [-0.2, 0) is 4.74 Å². The predicted octanol–water partition coefficient (Wildman–Crippen LogP) is 5.91. The molecule has 1 fully saturated rings.